The lowest BCUT2D eigenvalue weighted by Crippen LogP contribution is -2.18. The van der Waals surface area contributed by atoms with E-state index >= 15 is 0 Å². The molecule has 13 heavy (non-hydrogen) atoms. The van der Waals surface area contributed by atoms with Crippen molar-refractivity contribution in [2.45, 2.75) is 26.8 Å². The number of halogens is 1. The zero-order chi connectivity index (χ0) is 9.84. The fourth-order valence-corrected chi connectivity index (χ4v) is 1.13. The number of hydrogen-bond donors (Lipinski definition) is 1. The molecule has 0 radical (unpaired) electrons. The lowest BCUT2D eigenvalue weighted by Gasteiger charge is -2.10. The molecule has 0 amide bonds. The molecule has 1 aromatic rings. The molecular formula is C9H14ClN3. The summed E-state index contributed by atoms with van der Waals surface area (Å²) < 4.78 is 0. The molecule has 0 aliphatic heterocycles. The van der Waals surface area contributed by atoms with E-state index in [4.69, 9.17) is 11.6 Å². The third kappa shape index (κ3) is 3.19. The Labute approximate surface area is 83.5 Å². The summed E-state index contributed by atoms with van der Waals surface area (Å²) in [5.74, 6) is 1.21. The predicted octanol–water partition coefficient (Wildman–Crippen LogP) is 2.13. The molecule has 1 heterocycles. The molecule has 1 N–H and O–H groups in total. The minimum Gasteiger partial charge on any atom is -0.351 e. The predicted molar refractivity (Wildman–Crippen MR) is 55.3 cm³/mol. The minimum absolute atomic E-state index is 0.197. The van der Waals surface area contributed by atoms with Crippen LogP contribution in [0.25, 0.3) is 0 Å². The molecule has 4 heteroatoms. The molecular weight excluding hydrogens is 186 g/mol. The van der Waals surface area contributed by atoms with E-state index in [0.29, 0.717) is 11.8 Å². The van der Waals surface area contributed by atoms with Gasteiger partial charge < -0.3 is 5.32 Å². The van der Waals surface area contributed by atoms with Crippen molar-refractivity contribution in [3.05, 3.63) is 17.5 Å². The highest BCUT2D eigenvalue weighted by atomic mass is 35.5. The Balaban J connectivity index is 2.77. The number of alkyl halides is 1. The van der Waals surface area contributed by atoms with Crippen molar-refractivity contribution in [1.82, 2.24) is 9.97 Å². The summed E-state index contributed by atoms with van der Waals surface area (Å²) in [4.78, 5) is 8.48. The van der Waals surface area contributed by atoms with Crippen molar-refractivity contribution in [2.24, 2.45) is 0 Å². The number of nitrogens with one attached hydrogen (secondary N) is 1. The summed E-state index contributed by atoms with van der Waals surface area (Å²) >= 11 is 5.66. The summed E-state index contributed by atoms with van der Waals surface area (Å²) in [6.45, 7) is 5.89. The SMILES string of the molecule is Cc1cc(C)nc(NC(C)CCl)n1. The average molecular weight is 200 g/mol. The van der Waals surface area contributed by atoms with E-state index in [2.05, 4.69) is 15.3 Å². The number of aromatic nitrogens is 2. The molecule has 0 aliphatic rings. The minimum atomic E-state index is 0.197. The molecule has 0 aromatic carbocycles. The van der Waals surface area contributed by atoms with Crippen LogP contribution in [0.3, 0.4) is 0 Å². The normalized spacial score (nSPS) is 12.6. The molecule has 0 saturated heterocycles. The highest BCUT2D eigenvalue weighted by molar-refractivity contribution is 6.18. The van der Waals surface area contributed by atoms with Gasteiger partial charge in [-0.05, 0) is 26.8 Å². The molecule has 1 unspecified atom stereocenters. The standard InChI is InChI=1S/C9H14ClN3/c1-6-4-7(2)12-9(11-6)13-8(3)5-10/h4,8H,5H2,1-3H3,(H,11,12,13). The Morgan fingerprint density at radius 2 is 1.92 bits per heavy atom. The second kappa shape index (κ2) is 4.42. The highest BCUT2D eigenvalue weighted by Crippen LogP contribution is 2.05. The van der Waals surface area contributed by atoms with Crippen LogP contribution >= 0.6 is 11.6 Å². The second-order valence-electron chi connectivity index (χ2n) is 3.17. The zero-order valence-corrected chi connectivity index (χ0v) is 8.89. The van der Waals surface area contributed by atoms with Crippen LogP contribution in [0.15, 0.2) is 6.07 Å². The Kier molecular flexibility index (Phi) is 3.48. The summed E-state index contributed by atoms with van der Waals surface area (Å²) in [7, 11) is 0. The molecule has 1 rings (SSSR count). The van der Waals surface area contributed by atoms with Crippen molar-refractivity contribution >= 4 is 17.5 Å². The molecule has 1 atom stereocenters. The topological polar surface area (TPSA) is 37.8 Å². The van der Waals surface area contributed by atoms with Crippen molar-refractivity contribution in [3.8, 4) is 0 Å². The van der Waals surface area contributed by atoms with Crippen molar-refractivity contribution in [3.63, 3.8) is 0 Å². The first kappa shape index (κ1) is 10.3. The number of rotatable bonds is 3. The van der Waals surface area contributed by atoms with Crippen LogP contribution in [-0.2, 0) is 0 Å². The average Bonchev–Trinajstić information content (AvgIpc) is 2.02. The Morgan fingerprint density at radius 1 is 1.38 bits per heavy atom. The van der Waals surface area contributed by atoms with Gasteiger partial charge in [0, 0.05) is 23.3 Å². The molecule has 3 nitrogen and oxygen atoms in total. The monoisotopic (exact) mass is 199 g/mol. The largest absolute Gasteiger partial charge is 0.351 e. The first-order valence-corrected chi connectivity index (χ1v) is 4.80. The van der Waals surface area contributed by atoms with Gasteiger partial charge in [-0.25, -0.2) is 9.97 Å². The lowest BCUT2D eigenvalue weighted by molar-refractivity contribution is 0.872. The van der Waals surface area contributed by atoms with E-state index in [9.17, 15) is 0 Å². The lowest BCUT2D eigenvalue weighted by atomic mass is 10.3. The fraction of sp³-hybridized carbons (Fsp3) is 0.556. The Bertz CT molecular complexity index is 268. The second-order valence-corrected chi connectivity index (χ2v) is 3.48. The van der Waals surface area contributed by atoms with Crippen molar-refractivity contribution < 1.29 is 0 Å². The smallest absolute Gasteiger partial charge is 0.223 e. The van der Waals surface area contributed by atoms with Crippen LogP contribution in [0.1, 0.15) is 18.3 Å². The van der Waals surface area contributed by atoms with Crippen LogP contribution in [0.4, 0.5) is 5.95 Å². The number of hydrogen-bond acceptors (Lipinski definition) is 3. The van der Waals surface area contributed by atoms with Crippen LogP contribution in [0.2, 0.25) is 0 Å². The Hall–Kier alpha value is -0.830. The third-order valence-electron chi connectivity index (χ3n) is 1.59. The van der Waals surface area contributed by atoms with Gasteiger partial charge in [0.15, 0.2) is 0 Å². The summed E-state index contributed by atoms with van der Waals surface area (Å²) in [5.41, 5.74) is 1.94. The molecule has 0 spiro atoms. The van der Waals surface area contributed by atoms with E-state index < -0.39 is 0 Å². The van der Waals surface area contributed by atoms with E-state index in [1.807, 2.05) is 26.8 Å². The zero-order valence-electron chi connectivity index (χ0n) is 8.13. The maximum Gasteiger partial charge on any atom is 0.223 e. The third-order valence-corrected chi connectivity index (χ3v) is 2.05. The summed E-state index contributed by atoms with van der Waals surface area (Å²) in [6.07, 6.45) is 0. The van der Waals surface area contributed by atoms with Crippen LogP contribution in [-0.4, -0.2) is 21.9 Å². The maximum atomic E-state index is 5.66. The Morgan fingerprint density at radius 3 is 2.38 bits per heavy atom. The first-order chi connectivity index (χ1) is 6.11. The quantitative estimate of drug-likeness (QED) is 0.758. The molecule has 0 fully saturated rings. The number of nitrogens with zero attached hydrogens (tertiary/aromatic N) is 2. The van der Waals surface area contributed by atoms with Gasteiger partial charge in [-0.2, -0.15) is 0 Å². The van der Waals surface area contributed by atoms with E-state index in [1.165, 1.54) is 0 Å². The maximum absolute atomic E-state index is 5.66. The molecule has 0 aliphatic carbocycles. The van der Waals surface area contributed by atoms with E-state index in [0.717, 1.165) is 11.4 Å². The number of aryl methyl sites for hydroxylation is 2. The first-order valence-electron chi connectivity index (χ1n) is 4.26. The van der Waals surface area contributed by atoms with Gasteiger partial charge in [0.2, 0.25) is 5.95 Å². The molecule has 72 valence electrons. The molecule has 0 bridgehead atoms. The van der Waals surface area contributed by atoms with Gasteiger partial charge in [0.05, 0.1) is 0 Å². The fourth-order valence-electron chi connectivity index (χ4n) is 1.05. The van der Waals surface area contributed by atoms with Crippen LogP contribution < -0.4 is 5.32 Å². The summed E-state index contributed by atoms with van der Waals surface area (Å²) in [5, 5.41) is 3.12. The molecule has 0 saturated carbocycles. The van der Waals surface area contributed by atoms with Crippen LogP contribution in [0.5, 0.6) is 0 Å². The number of anilines is 1. The van der Waals surface area contributed by atoms with Gasteiger partial charge in [-0.3, -0.25) is 0 Å². The molecule has 1 aromatic heterocycles. The van der Waals surface area contributed by atoms with Gasteiger partial charge in [0.25, 0.3) is 0 Å². The van der Waals surface area contributed by atoms with Crippen LogP contribution in [0, 0.1) is 13.8 Å². The van der Waals surface area contributed by atoms with Crippen molar-refractivity contribution in [1.29, 1.82) is 0 Å². The summed E-state index contributed by atoms with van der Waals surface area (Å²) in [6, 6.07) is 2.14. The van der Waals surface area contributed by atoms with Crippen molar-refractivity contribution in [2.75, 3.05) is 11.2 Å². The van der Waals surface area contributed by atoms with E-state index in [1.54, 1.807) is 0 Å². The van der Waals surface area contributed by atoms with Gasteiger partial charge >= 0.3 is 0 Å². The van der Waals surface area contributed by atoms with E-state index in [-0.39, 0.29) is 6.04 Å². The van der Waals surface area contributed by atoms with Gasteiger partial charge in [0.1, 0.15) is 0 Å². The highest BCUT2D eigenvalue weighted by Gasteiger charge is 2.02. The van der Waals surface area contributed by atoms with Gasteiger partial charge in [-0.15, -0.1) is 11.6 Å². The van der Waals surface area contributed by atoms with Gasteiger partial charge in [-0.1, -0.05) is 0 Å².